The van der Waals surface area contributed by atoms with Gasteiger partial charge in [0.25, 0.3) is 0 Å². The molecule has 2 aliphatic rings. The van der Waals surface area contributed by atoms with Crippen molar-refractivity contribution in [3.05, 3.63) is 0 Å². The van der Waals surface area contributed by atoms with Crippen LogP contribution < -0.4 is 0 Å². The second-order valence-corrected chi connectivity index (χ2v) is 6.52. The molecule has 2 rings (SSSR count). The maximum atomic E-state index is 10.7. The number of hydrogen-bond acceptors (Lipinski definition) is 2. The van der Waals surface area contributed by atoms with Crippen molar-refractivity contribution >= 4 is 0 Å². The molecular weight excluding hydrogens is 224 g/mol. The number of aliphatic hydroxyl groups excluding tert-OH is 2. The van der Waals surface area contributed by atoms with Crippen LogP contribution in [-0.2, 0) is 0 Å². The third-order valence-electron chi connectivity index (χ3n) is 5.65. The van der Waals surface area contributed by atoms with Gasteiger partial charge in [0.15, 0.2) is 0 Å². The third kappa shape index (κ3) is 2.75. The monoisotopic (exact) mass is 254 g/mol. The van der Waals surface area contributed by atoms with Gasteiger partial charge in [0.1, 0.15) is 0 Å². The van der Waals surface area contributed by atoms with E-state index in [1.165, 1.54) is 25.7 Å². The van der Waals surface area contributed by atoms with Gasteiger partial charge in [-0.2, -0.15) is 0 Å². The van der Waals surface area contributed by atoms with Crippen LogP contribution in [0.3, 0.4) is 0 Å². The van der Waals surface area contributed by atoms with E-state index in [-0.39, 0.29) is 18.1 Å². The molecule has 0 amide bonds. The van der Waals surface area contributed by atoms with Crippen molar-refractivity contribution in [3.8, 4) is 0 Å². The van der Waals surface area contributed by atoms with Crippen LogP contribution >= 0.6 is 0 Å². The summed E-state index contributed by atoms with van der Waals surface area (Å²) in [6.07, 6.45) is 8.75. The topological polar surface area (TPSA) is 40.5 Å². The van der Waals surface area contributed by atoms with E-state index in [4.69, 9.17) is 0 Å². The fourth-order valence-corrected chi connectivity index (χ4v) is 4.43. The first-order valence-electron chi connectivity index (χ1n) is 8.05. The van der Waals surface area contributed by atoms with Crippen LogP contribution in [0.1, 0.15) is 65.2 Å². The smallest absolute Gasteiger partial charge is 0.0623 e. The Morgan fingerprint density at radius 2 is 1.22 bits per heavy atom. The first-order chi connectivity index (χ1) is 8.69. The summed E-state index contributed by atoms with van der Waals surface area (Å²) in [5.41, 5.74) is 0. The quantitative estimate of drug-likeness (QED) is 0.793. The van der Waals surface area contributed by atoms with Crippen LogP contribution in [0.15, 0.2) is 0 Å². The molecule has 4 unspecified atom stereocenters. The average Bonchev–Trinajstić information content (AvgIpc) is 2.62. The highest BCUT2D eigenvalue weighted by molar-refractivity contribution is 4.93. The van der Waals surface area contributed by atoms with E-state index in [0.29, 0.717) is 17.8 Å². The van der Waals surface area contributed by atoms with Crippen LogP contribution in [-0.4, -0.2) is 22.4 Å². The normalized spacial score (nSPS) is 46.0. The number of aliphatic hydroxyl groups is 2. The Labute approximate surface area is 112 Å². The largest absolute Gasteiger partial charge is 0.392 e. The lowest BCUT2D eigenvalue weighted by atomic mass is 9.75. The molecule has 2 fully saturated rings. The van der Waals surface area contributed by atoms with E-state index in [1.54, 1.807) is 0 Å². The molecule has 106 valence electrons. The highest BCUT2D eigenvalue weighted by Crippen LogP contribution is 2.43. The molecule has 0 spiro atoms. The summed E-state index contributed by atoms with van der Waals surface area (Å²) in [5, 5.41) is 21.4. The van der Waals surface area contributed by atoms with Crippen LogP contribution in [0.5, 0.6) is 0 Å². The molecule has 2 saturated carbocycles. The summed E-state index contributed by atoms with van der Waals surface area (Å²) >= 11 is 0. The highest BCUT2D eigenvalue weighted by Gasteiger charge is 2.43. The summed E-state index contributed by atoms with van der Waals surface area (Å²) in [6, 6.07) is 0. The van der Waals surface area contributed by atoms with Gasteiger partial charge in [-0.3, -0.25) is 0 Å². The summed E-state index contributed by atoms with van der Waals surface area (Å²) in [6.45, 7) is 4.35. The molecule has 0 heterocycles. The molecular formula is C16H30O2. The van der Waals surface area contributed by atoms with Crippen molar-refractivity contribution in [1.29, 1.82) is 0 Å². The van der Waals surface area contributed by atoms with Crippen molar-refractivity contribution in [2.75, 3.05) is 0 Å². The Balaban J connectivity index is 2.20. The predicted octanol–water partition coefficient (Wildman–Crippen LogP) is 3.36. The summed E-state index contributed by atoms with van der Waals surface area (Å²) in [5.74, 6) is 1.52. The van der Waals surface area contributed by atoms with Gasteiger partial charge in [0.05, 0.1) is 12.2 Å². The minimum atomic E-state index is -0.273. The van der Waals surface area contributed by atoms with Crippen molar-refractivity contribution in [2.24, 2.45) is 23.7 Å². The number of hydrogen-bond donors (Lipinski definition) is 2. The molecule has 2 aliphatic carbocycles. The highest BCUT2D eigenvalue weighted by atomic mass is 16.3. The molecule has 2 nitrogen and oxygen atoms in total. The molecule has 0 aromatic carbocycles. The van der Waals surface area contributed by atoms with E-state index in [2.05, 4.69) is 13.8 Å². The Morgan fingerprint density at radius 3 is 1.61 bits per heavy atom. The molecule has 18 heavy (non-hydrogen) atoms. The van der Waals surface area contributed by atoms with Gasteiger partial charge < -0.3 is 10.2 Å². The third-order valence-corrected chi connectivity index (χ3v) is 5.65. The minimum Gasteiger partial charge on any atom is -0.392 e. The van der Waals surface area contributed by atoms with Crippen LogP contribution in [0.25, 0.3) is 0 Å². The molecule has 0 aromatic heterocycles. The van der Waals surface area contributed by atoms with E-state index in [1.807, 2.05) is 0 Å². The van der Waals surface area contributed by atoms with Gasteiger partial charge in [0.2, 0.25) is 0 Å². The minimum absolute atomic E-state index is 0.143. The Hall–Kier alpha value is -0.0800. The molecule has 0 radical (unpaired) electrons. The van der Waals surface area contributed by atoms with Gasteiger partial charge in [-0.15, -0.1) is 0 Å². The molecule has 0 bridgehead atoms. The first kappa shape index (κ1) is 14.3. The molecule has 2 N–H and O–H groups in total. The molecule has 0 saturated heterocycles. The molecule has 6 atom stereocenters. The second-order valence-electron chi connectivity index (χ2n) is 6.52. The molecule has 2 heteroatoms. The van der Waals surface area contributed by atoms with E-state index >= 15 is 0 Å². The summed E-state index contributed by atoms with van der Waals surface area (Å²) in [7, 11) is 0. The van der Waals surface area contributed by atoms with Crippen LogP contribution in [0, 0.1) is 23.7 Å². The fraction of sp³-hybridized carbons (Fsp3) is 1.00. The SMILES string of the molecule is CC[C@@H]1CCCC2CCC[C@H](CC)C(O)C2C1O. The van der Waals surface area contributed by atoms with Crippen LogP contribution in [0.2, 0.25) is 0 Å². The average molecular weight is 254 g/mol. The fourth-order valence-electron chi connectivity index (χ4n) is 4.43. The lowest BCUT2D eigenvalue weighted by molar-refractivity contribution is -0.0578. The van der Waals surface area contributed by atoms with Crippen molar-refractivity contribution in [2.45, 2.75) is 77.4 Å². The second kappa shape index (κ2) is 6.38. The van der Waals surface area contributed by atoms with Gasteiger partial charge >= 0.3 is 0 Å². The van der Waals surface area contributed by atoms with Gasteiger partial charge in [-0.25, -0.2) is 0 Å². The summed E-state index contributed by atoms with van der Waals surface area (Å²) < 4.78 is 0. The Morgan fingerprint density at radius 1 is 0.778 bits per heavy atom. The lowest BCUT2D eigenvalue weighted by Gasteiger charge is -2.36. The standard InChI is InChI=1S/C16H30O2/c1-3-11-7-5-9-13-10-6-8-12(4-2)16(18)14(13)15(11)17/h11-18H,3-10H2,1-2H3/t11-,12+,13?,14?,15?,16?. The zero-order chi connectivity index (χ0) is 13.1. The van der Waals surface area contributed by atoms with Crippen molar-refractivity contribution in [3.63, 3.8) is 0 Å². The van der Waals surface area contributed by atoms with Gasteiger partial charge in [-0.1, -0.05) is 39.5 Å². The first-order valence-corrected chi connectivity index (χ1v) is 8.05. The van der Waals surface area contributed by atoms with E-state index < -0.39 is 0 Å². The van der Waals surface area contributed by atoms with Crippen molar-refractivity contribution < 1.29 is 10.2 Å². The zero-order valence-corrected chi connectivity index (χ0v) is 12.0. The van der Waals surface area contributed by atoms with Gasteiger partial charge in [0, 0.05) is 5.92 Å². The van der Waals surface area contributed by atoms with E-state index in [9.17, 15) is 10.2 Å². The van der Waals surface area contributed by atoms with Gasteiger partial charge in [-0.05, 0) is 43.4 Å². The lowest BCUT2D eigenvalue weighted by Crippen LogP contribution is -2.42. The zero-order valence-electron chi connectivity index (χ0n) is 12.0. The van der Waals surface area contributed by atoms with Crippen molar-refractivity contribution in [1.82, 2.24) is 0 Å². The number of fused-ring (bicyclic) bond motifs is 1. The Kier molecular flexibility index (Phi) is 5.08. The van der Waals surface area contributed by atoms with Crippen LogP contribution in [0.4, 0.5) is 0 Å². The number of rotatable bonds is 2. The predicted molar refractivity (Wildman–Crippen MR) is 74.3 cm³/mol. The Bertz CT molecular complexity index is 229. The molecule has 0 aromatic rings. The maximum Gasteiger partial charge on any atom is 0.0623 e. The maximum absolute atomic E-state index is 10.7. The van der Waals surface area contributed by atoms with E-state index in [0.717, 1.165) is 25.7 Å². The summed E-state index contributed by atoms with van der Waals surface area (Å²) in [4.78, 5) is 0. The molecule has 0 aliphatic heterocycles.